The van der Waals surface area contributed by atoms with Gasteiger partial charge in [0.15, 0.2) is 0 Å². The van der Waals surface area contributed by atoms with Crippen LogP contribution < -0.4 is 0 Å². The Hall–Kier alpha value is -0.0825. The van der Waals surface area contributed by atoms with Crippen molar-refractivity contribution in [2.45, 2.75) is 12.5 Å². The lowest BCUT2D eigenvalue weighted by Crippen LogP contribution is -2.33. The van der Waals surface area contributed by atoms with E-state index in [0.29, 0.717) is 13.0 Å². The summed E-state index contributed by atoms with van der Waals surface area (Å²) in [5, 5.41) is 0. The first-order valence-electron chi connectivity index (χ1n) is 4.38. The van der Waals surface area contributed by atoms with Crippen molar-refractivity contribution in [3.8, 4) is 0 Å². The van der Waals surface area contributed by atoms with Crippen molar-refractivity contribution in [2.75, 3.05) is 6.61 Å². The summed E-state index contributed by atoms with van der Waals surface area (Å²) in [5.41, 5.74) is 0. The van der Waals surface area contributed by atoms with Gasteiger partial charge in [-0.3, -0.25) is 0 Å². The van der Waals surface area contributed by atoms with Crippen molar-refractivity contribution in [2.24, 2.45) is 0 Å². The zero-order valence-corrected chi connectivity index (χ0v) is 12.4. The molecule has 10 heteroatoms. The van der Waals surface area contributed by atoms with Gasteiger partial charge in [0.25, 0.3) is 0 Å². The molecule has 0 aromatic rings. The van der Waals surface area contributed by atoms with Crippen LogP contribution in [0.5, 0.6) is 0 Å². The van der Waals surface area contributed by atoms with Crippen molar-refractivity contribution in [3.63, 3.8) is 0 Å². The molecule has 0 spiro atoms. The number of rotatable bonds is 5. The first kappa shape index (κ1) is 14.0. The van der Waals surface area contributed by atoms with Crippen LogP contribution in [0.1, 0.15) is 6.42 Å². The lowest BCUT2D eigenvalue weighted by atomic mass is 10.5. The molecule has 85 valence electrons. The Bertz CT molecular complexity index is 219. The molecule has 1 fully saturated rings. The third kappa shape index (κ3) is 6.49. The Morgan fingerprint density at radius 1 is 1.31 bits per heavy atom. The first-order valence-corrected chi connectivity index (χ1v) is 8.35. The van der Waals surface area contributed by atoms with Gasteiger partial charge in [0, 0.05) is 6.08 Å². The second kappa shape index (κ2) is 9.00. The van der Waals surface area contributed by atoms with Crippen molar-refractivity contribution in [3.05, 3.63) is 12.7 Å². The summed E-state index contributed by atoms with van der Waals surface area (Å²) in [4.78, 5) is 10.7. The van der Waals surface area contributed by atoms with Crippen LogP contribution in [0.15, 0.2) is 12.7 Å². The van der Waals surface area contributed by atoms with Gasteiger partial charge in [-0.1, -0.05) is 6.58 Å². The fourth-order valence-electron chi connectivity index (χ4n) is 0.761. The third-order valence-corrected chi connectivity index (χ3v) is 6.00. The molecule has 0 aromatic carbocycles. The topological polar surface area (TPSA) is 63.2 Å². The molecule has 0 saturated carbocycles. The van der Waals surface area contributed by atoms with E-state index < -0.39 is 15.3 Å². The van der Waals surface area contributed by atoms with Gasteiger partial charge in [0.05, 0.1) is 6.61 Å². The zero-order valence-electron chi connectivity index (χ0n) is 8.36. The lowest BCUT2D eigenvalue weighted by molar-refractivity contribution is -0.137. The van der Waals surface area contributed by atoms with Gasteiger partial charge >= 0.3 is 45.3 Å². The maximum Gasteiger partial charge on any atom is 0.412 e. The zero-order chi connectivity index (χ0) is 11.6. The molecule has 0 aliphatic carbocycles. The van der Waals surface area contributed by atoms with Gasteiger partial charge in [-0.05, 0) is 12.5 Å². The molecule has 7 radical (unpaired) electrons. The Morgan fingerprint density at radius 2 is 2.00 bits per heavy atom. The molecule has 0 atom stereocenters. The fourth-order valence-corrected chi connectivity index (χ4v) is 5.19. The van der Waals surface area contributed by atoms with Crippen LogP contribution in [0.2, 0.25) is 6.04 Å². The molecule has 1 aliphatic rings. The molecule has 1 heterocycles. The Balaban J connectivity index is 2.05. The van der Waals surface area contributed by atoms with Crippen LogP contribution >= 0.6 is 0 Å². The molecule has 0 bridgehead atoms. The molecule has 6 nitrogen and oxygen atoms in total. The molecule has 1 saturated heterocycles. The number of carbonyl (C=O) groups excluding carboxylic acids is 1. The quantitative estimate of drug-likeness (QED) is 0.288. The smallest absolute Gasteiger partial charge is 0.412 e. The maximum atomic E-state index is 10.7. The average molecular weight is 289 g/mol. The Labute approximate surface area is 103 Å². The monoisotopic (exact) mass is 289 g/mol. The van der Waals surface area contributed by atoms with E-state index in [9.17, 15) is 4.79 Å². The molecular formula is C6H9O6Si4. The van der Waals surface area contributed by atoms with Crippen molar-refractivity contribution < 1.29 is 26.0 Å². The minimum atomic E-state index is -1.35. The van der Waals surface area contributed by atoms with Gasteiger partial charge < -0.3 is 21.2 Å². The van der Waals surface area contributed by atoms with Crippen LogP contribution in [0.3, 0.4) is 0 Å². The minimum absolute atomic E-state index is 0.0106. The van der Waals surface area contributed by atoms with Crippen LogP contribution in [-0.2, 0) is 26.0 Å². The SMILES string of the molecule is C=CC(=O)OCCC[Si]1O[Si]O[Si]O[Si]O1. The maximum absolute atomic E-state index is 10.7. The highest BCUT2D eigenvalue weighted by molar-refractivity contribution is 6.59. The normalized spacial score (nSPS) is 18.5. The summed E-state index contributed by atoms with van der Waals surface area (Å²) in [5.74, 6) is -0.409. The van der Waals surface area contributed by atoms with Gasteiger partial charge in [-0.25, -0.2) is 4.79 Å². The summed E-state index contributed by atoms with van der Waals surface area (Å²) < 4.78 is 25.6. The third-order valence-electron chi connectivity index (χ3n) is 1.41. The van der Waals surface area contributed by atoms with Crippen LogP contribution in [0.25, 0.3) is 0 Å². The van der Waals surface area contributed by atoms with Crippen LogP contribution in [-0.4, -0.2) is 51.9 Å². The molecule has 0 N–H and O–H groups in total. The van der Waals surface area contributed by atoms with E-state index in [2.05, 4.69) is 6.58 Å². The number of ether oxygens (including phenoxy) is 1. The average Bonchev–Trinajstić information content (AvgIpc) is 2.26. The van der Waals surface area contributed by atoms with Crippen LogP contribution in [0.4, 0.5) is 0 Å². The number of carbonyl (C=O) groups is 1. The number of hydrogen-bond acceptors (Lipinski definition) is 6. The molecule has 1 aliphatic heterocycles. The van der Waals surface area contributed by atoms with E-state index in [-0.39, 0.29) is 30.0 Å². The summed E-state index contributed by atoms with van der Waals surface area (Å²) >= 11 is 0. The Morgan fingerprint density at radius 3 is 2.62 bits per heavy atom. The summed E-state index contributed by atoms with van der Waals surface area (Å²) in [6, 6.07) is 0.727. The fraction of sp³-hybridized carbons (Fsp3) is 0.500. The molecule has 0 unspecified atom stereocenters. The van der Waals surface area contributed by atoms with E-state index in [1.54, 1.807) is 0 Å². The second-order valence-corrected chi connectivity index (χ2v) is 7.52. The van der Waals surface area contributed by atoms with Gasteiger partial charge in [0.1, 0.15) is 0 Å². The van der Waals surface area contributed by atoms with E-state index in [0.717, 1.165) is 12.1 Å². The molecular weight excluding hydrogens is 280 g/mol. The van der Waals surface area contributed by atoms with Crippen molar-refractivity contribution in [1.29, 1.82) is 0 Å². The van der Waals surface area contributed by atoms with Gasteiger partial charge in [0.2, 0.25) is 0 Å². The second-order valence-electron chi connectivity index (χ2n) is 2.51. The number of hydrogen-bond donors (Lipinski definition) is 0. The highest BCUT2D eigenvalue weighted by atomic mass is 28.4. The summed E-state index contributed by atoms with van der Waals surface area (Å²) in [7, 11) is -1.43. The standard InChI is InChI=1S/C6H9O6Si4/c1-2-6(7)8-4-3-5-16-11-14-9-13-10-15-12-16/h2H,1,3-5H2. The van der Waals surface area contributed by atoms with Gasteiger partial charge in [-0.15, -0.1) is 0 Å². The Kier molecular flexibility index (Phi) is 7.86. The molecule has 1 rings (SSSR count). The van der Waals surface area contributed by atoms with E-state index in [1.165, 1.54) is 0 Å². The lowest BCUT2D eigenvalue weighted by Gasteiger charge is -2.16. The van der Waals surface area contributed by atoms with Crippen LogP contribution in [0, 0.1) is 0 Å². The highest BCUT2D eigenvalue weighted by Crippen LogP contribution is 2.03. The molecule has 0 aromatic heterocycles. The van der Waals surface area contributed by atoms with E-state index >= 15 is 0 Å². The van der Waals surface area contributed by atoms with E-state index in [4.69, 9.17) is 21.2 Å². The highest BCUT2D eigenvalue weighted by Gasteiger charge is 2.20. The minimum Gasteiger partial charge on any atom is -0.463 e. The van der Waals surface area contributed by atoms with Crippen molar-refractivity contribution in [1.82, 2.24) is 0 Å². The first-order chi connectivity index (χ1) is 7.83. The molecule has 16 heavy (non-hydrogen) atoms. The van der Waals surface area contributed by atoms with E-state index in [1.807, 2.05) is 0 Å². The molecule has 0 amide bonds. The van der Waals surface area contributed by atoms with Crippen molar-refractivity contribution >= 4 is 45.3 Å². The number of esters is 1. The predicted molar refractivity (Wildman–Crippen MR) is 57.9 cm³/mol. The summed E-state index contributed by atoms with van der Waals surface area (Å²) in [6.45, 7) is 3.65. The van der Waals surface area contributed by atoms with Gasteiger partial charge in [-0.2, -0.15) is 0 Å². The predicted octanol–water partition coefficient (Wildman–Crippen LogP) is -0.724. The largest absolute Gasteiger partial charge is 0.463 e. The summed E-state index contributed by atoms with van der Waals surface area (Å²) in [6.07, 6.45) is 1.84.